The van der Waals surface area contributed by atoms with Crippen LogP contribution in [0.2, 0.25) is 0 Å². The molecule has 1 amide bonds. The van der Waals surface area contributed by atoms with Gasteiger partial charge < -0.3 is 10.0 Å². The van der Waals surface area contributed by atoms with Gasteiger partial charge in [-0.3, -0.25) is 4.79 Å². The highest BCUT2D eigenvalue weighted by Crippen LogP contribution is 2.12. The van der Waals surface area contributed by atoms with Crippen molar-refractivity contribution in [2.24, 2.45) is 0 Å². The summed E-state index contributed by atoms with van der Waals surface area (Å²) in [5.41, 5.74) is 0.175. The molecule has 94 valence electrons. The molecule has 4 nitrogen and oxygen atoms in total. The van der Waals surface area contributed by atoms with Crippen LogP contribution in [0.3, 0.4) is 0 Å². The van der Waals surface area contributed by atoms with Crippen molar-refractivity contribution < 1.29 is 14.7 Å². The molecule has 0 heterocycles. The quantitative estimate of drug-likeness (QED) is 0.806. The Kier molecular flexibility index (Phi) is 4.94. The lowest BCUT2D eigenvalue weighted by Crippen LogP contribution is -2.33. The van der Waals surface area contributed by atoms with Crippen LogP contribution in [0, 0.1) is 12.3 Å². The number of amides is 1. The third-order valence-corrected chi connectivity index (χ3v) is 2.45. The van der Waals surface area contributed by atoms with Crippen molar-refractivity contribution in [2.45, 2.75) is 13.3 Å². The molecule has 1 N–H and O–H groups in total. The molecule has 0 radical (unpaired) electrons. The maximum Gasteiger partial charge on any atom is 0.336 e. The van der Waals surface area contributed by atoms with Gasteiger partial charge in [0.25, 0.3) is 5.91 Å². The number of carbonyl (C=O) groups is 2. The number of hydrogen-bond donors (Lipinski definition) is 1. The van der Waals surface area contributed by atoms with E-state index < -0.39 is 5.97 Å². The second kappa shape index (κ2) is 6.45. The van der Waals surface area contributed by atoms with Crippen LogP contribution in [0.1, 0.15) is 34.1 Å². The molecular weight excluding hydrogens is 230 g/mol. The van der Waals surface area contributed by atoms with Crippen molar-refractivity contribution >= 4 is 11.9 Å². The second-order valence-corrected chi connectivity index (χ2v) is 3.78. The molecule has 0 saturated carbocycles. The molecule has 4 heteroatoms. The van der Waals surface area contributed by atoms with E-state index in [0.717, 1.165) is 6.42 Å². The molecule has 1 aromatic carbocycles. The predicted octanol–water partition coefficient (Wildman–Crippen LogP) is 1.87. The van der Waals surface area contributed by atoms with E-state index in [4.69, 9.17) is 11.5 Å². The summed E-state index contributed by atoms with van der Waals surface area (Å²) < 4.78 is 0. The second-order valence-electron chi connectivity index (χ2n) is 3.78. The molecule has 0 aliphatic rings. The lowest BCUT2D eigenvalue weighted by Gasteiger charge is -2.20. The van der Waals surface area contributed by atoms with E-state index in [2.05, 4.69) is 5.92 Å². The minimum absolute atomic E-state index is 0.000578. The monoisotopic (exact) mass is 245 g/mol. The summed E-state index contributed by atoms with van der Waals surface area (Å²) in [6, 6.07) is 6.14. The number of nitrogens with zero attached hydrogens (tertiary/aromatic N) is 1. The Labute approximate surface area is 106 Å². The Balaban J connectivity index is 3.09. The van der Waals surface area contributed by atoms with Crippen molar-refractivity contribution in [2.75, 3.05) is 13.1 Å². The van der Waals surface area contributed by atoms with Gasteiger partial charge in [-0.1, -0.05) is 25.0 Å². The highest BCUT2D eigenvalue weighted by Gasteiger charge is 2.20. The summed E-state index contributed by atoms with van der Waals surface area (Å²) in [5.74, 6) is 0.955. The van der Waals surface area contributed by atoms with Crippen LogP contribution in [-0.2, 0) is 0 Å². The van der Waals surface area contributed by atoms with Gasteiger partial charge in [-0.25, -0.2) is 4.79 Å². The van der Waals surface area contributed by atoms with E-state index in [1.54, 1.807) is 12.1 Å². The number of rotatable bonds is 5. The first-order valence-corrected chi connectivity index (χ1v) is 5.66. The van der Waals surface area contributed by atoms with E-state index >= 15 is 0 Å². The summed E-state index contributed by atoms with van der Waals surface area (Å²) >= 11 is 0. The van der Waals surface area contributed by atoms with E-state index in [1.807, 2.05) is 6.92 Å². The summed E-state index contributed by atoms with van der Waals surface area (Å²) in [5, 5.41) is 9.05. The standard InChI is InChI=1S/C14H15NO3/c1-3-9-15(10-4-2)13(16)11-7-5-6-8-12(11)14(17)18/h1,5-8H,4,9-10H2,2H3,(H,17,18). The Morgan fingerprint density at radius 2 is 1.94 bits per heavy atom. The summed E-state index contributed by atoms with van der Waals surface area (Å²) in [7, 11) is 0. The minimum atomic E-state index is -1.11. The molecule has 0 saturated heterocycles. The maximum atomic E-state index is 12.2. The Morgan fingerprint density at radius 3 is 2.44 bits per heavy atom. The Hall–Kier alpha value is -2.28. The highest BCUT2D eigenvalue weighted by atomic mass is 16.4. The van der Waals surface area contributed by atoms with Crippen molar-refractivity contribution in [3.05, 3.63) is 35.4 Å². The van der Waals surface area contributed by atoms with Gasteiger partial charge in [0.15, 0.2) is 0 Å². The number of terminal acetylenes is 1. The fourth-order valence-electron chi connectivity index (χ4n) is 1.66. The molecule has 0 unspecified atom stereocenters. The van der Waals surface area contributed by atoms with Gasteiger partial charge in [0, 0.05) is 6.54 Å². The number of carboxylic acid groups (broad SMARTS) is 1. The number of aromatic carboxylic acids is 1. The molecule has 0 spiro atoms. The van der Waals surface area contributed by atoms with Gasteiger partial charge >= 0.3 is 5.97 Å². The molecule has 0 aliphatic heterocycles. The maximum absolute atomic E-state index is 12.2. The molecular formula is C14H15NO3. The summed E-state index contributed by atoms with van der Waals surface area (Å²) in [6.07, 6.45) is 5.98. The lowest BCUT2D eigenvalue weighted by molar-refractivity contribution is 0.0679. The average molecular weight is 245 g/mol. The third-order valence-electron chi connectivity index (χ3n) is 2.45. The van der Waals surface area contributed by atoms with Crippen molar-refractivity contribution in [1.82, 2.24) is 4.90 Å². The number of carbonyl (C=O) groups excluding carboxylic acids is 1. The normalized spacial score (nSPS) is 9.56. The Morgan fingerprint density at radius 1 is 1.33 bits per heavy atom. The fraction of sp³-hybridized carbons (Fsp3) is 0.286. The smallest absolute Gasteiger partial charge is 0.336 e. The van der Waals surface area contributed by atoms with Crippen LogP contribution >= 0.6 is 0 Å². The summed E-state index contributed by atoms with van der Waals surface area (Å²) in [4.78, 5) is 24.7. The van der Waals surface area contributed by atoms with Crippen LogP contribution < -0.4 is 0 Å². The number of carboxylic acids is 1. The first-order chi connectivity index (χ1) is 8.61. The third kappa shape index (κ3) is 3.11. The fourth-order valence-corrected chi connectivity index (χ4v) is 1.66. The van der Waals surface area contributed by atoms with Gasteiger partial charge in [-0.15, -0.1) is 6.42 Å². The molecule has 1 rings (SSSR count). The SMILES string of the molecule is C#CCN(CCC)C(=O)c1ccccc1C(=O)O. The van der Waals surface area contributed by atoms with E-state index in [0.29, 0.717) is 6.54 Å². The largest absolute Gasteiger partial charge is 0.478 e. The van der Waals surface area contributed by atoms with Gasteiger partial charge in [0.05, 0.1) is 17.7 Å². The molecule has 0 bridgehead atoms. The van der Waals surface area contributed by atoms with Gasteiger partial charge in [0.2, 0.25) is 0 Å². The molecule has 0 aliphatic carbocycles. The van der Waals surface area contributed by atoms with Crippen molar-refractivity contribution in [1.29, 1.82) is 0 Å². The summed E-state index contributed by atoms with van der Waals surface area (Å²) in [6.45, 7) is 2.62. The molecule has 0 atom stereocenters. The van der Waals surface area contributed by atoms with Crippen LogP contribution in [0.4, 0.5) is 0 Å². The topological polar surface area (TPSA) is 57.6 Å². The van der Waals surface area contributed by atoms with Gasteiger partial charge in [0.1, 0.15) is 0 Å². The Bertz CT molecular complexity index is 488. The van der Waals surface area contributed by atoms with Crippen LogP contribution in [0.5, 0.6) is 0 Å². The zero-order valence-corrected chi connectivity index (χ0v) is 10.2. The molecule has 1 aromatic rings. The van der Waals surface area contributed by atoms with Crippen LogP contribution in [-0.4, -0.2) is 35.0 Å². The van der Waals surface area contributed by atoms with Crippen LogP contribution in [0.25, 0.3) is 0 Å². The first-order valence-electron chi connectivity index (χ1n) is 5.66. The predicted molar refractivity (Wildman–Crippen MR) is 68.4 cm³/mol. The van der Waals surface area contributed by atoms with Crippen molar-refractivity contribution in [3.8, 4) is 12.3 Å². The lowest BCUT2D eigenvalue weighted by atomic mass is 10.1. The number of benzene rings is 1. The van der Waals surface area contributed by atoms with E-state index in [1.165, 1.54) is 17.0 Å². The van der Waals surface area contributed by atoms with E-state index in [9.17, 15) is 9.59 Å². The number of hydrogen-bond acceptors (Lipinski definition) is 2. The molecule has 0 fully saturated rings. The van der Waals surface area contributed by atoms with Crippen molar-refractivity contribution in [3.63, 3.8) is 0 Å². The average Bonchev–Trinajstić information content (AvgIpc) is 2.37. The highest BCUT2D eigenvalue weighted by molar-refractivity contribution is 6.04. The first kappa shape index (κ1) is 13.8. The van der Waals surface area contributed by atoms with Crippen LogP contribution in [0.15, 0.2) is 24.3 Å². The zero-order chi connectivity index (χ0) is 13.5. The van der Waals surface area contributed by atoms with E-state index in [-0.39, 0.29) is 23.6 Å². The molecule has 0 aromatic heterocycles. The van der Waals surface area contributed by atoms with Gasteiger partial charge in [-0.05, 0) is 18.6 Å². The van der Waals surface area contributed by atoms with Gasteiger partial charge in [-0.2, -0.15) is 0 Å². The minimum Gasteiger partial charge on any atom is -0.478 e. The molecule has 18 heavy (non-hydrogen) atoms. The zero-order valence-electron chi connectivity index (χ0n) is 10.2.